The van der Waals surface area contributed by atoms with Gasteiger partial charge in [0, 0.05) is 86.7 Å². The molecular weight excluding hydrogens is 530 g/mol. The number of nitriles is 1. The monoisotopic (exact) mass is 559 g/mol. The van der Waals surface area contributed by atoms with Crippen LogP contribution in [0.1, 0.15) is 17.2 Å². The van der Waals surface area contributed by atoms with Gasteiger partial charge in [-0.1, -0.05) is 30.3 Å². The number of likely N-dealkylation sites (tertiary alicyclic amines) is 1. The number of hydrogen-bond acceptors (Lipinski definition) is 7. The third kappa shape index (κ3) is 4.82. The Morgan fingerprint density at radius 3 is 2.45 bits per heavy atom. The molecule has 2 saturated heterocycles. The molecule has 0 spiro atoms. The number of anilines is 1. The van der Waals surface area contributed by atoms with Crippen molar-refractivity contribution in [3.63, 3.8) is 0 Å². The molecule has 210 valence electrons. The van der Waals surface area contributed by atoms with Crippen molar-refractivity contribution in [3.05, 3.63) is 90.6 Å². The van der Waals surface area contributed by atoms with Crippen LogP contribution in [0, 0.1) is 11.3 Å². The number of hydrogen-bond donors (Lipinski definition) is 1. The van der Waals surface area contributed by atoms with E-state index in [1.165, 1.54) is 10.5 Å². The van der Waals surface area contributed by atoms with Gasteiger partial charge < -0.3 is 14.9 Å². The number of nitrogens with zero attached hydrogens (tertiary/aromatic N) is 9. The second kappa shape index (κ2) is 10.6. The van der Waals surface area contributed by atoms with Gasteiger partial charge in [0.1, 0.15) is 11.9 Å². The highest BCUT2D eigenvalue weighted by atomic mass is 16.4. The van der Waals surface area contributed by atoms with Crippen molar-refractivity contribution in [1.82, 2.24) is 34.2 Å². The Hall–Kier alpha value is -5.21. The molecule has 2 aliphatic heterocycles. The Morgan fingerprint density at radius 1 is 0.929 bits per heavy atom. The van der Waals surface area contributed by atoms with E-state index in [2.05, 4.69) is 62.5 Å². The van der Waals surface area contributed by atoms with Crippen molar-refractivity contribution in [2.45, 2.75) is 12.6 Å². The number of piperazine rings is 1. The minimum absolute atomic E-state index is 0.0184. The summed E-state index contributed by atoms with van der Waals surface area (Å²) in [6, 6.07) is 19.0. The third-order valence-electron chi connectivity index (χ3n) is 8.18. The van der Waals surface area contributed by atoms with Gasteiger partial charge in [0.2, 0.25) is 0 Å². The smallest absolute Gasteiger partial charge is 0.407 e. The van der Waals surface area contributed by atoms with Gasteiger partial charge in [0.05, 0.1) is 29.5 Å². The molecule has 42 heavy (non-hydrogen) atoms. The largest absolute Gasteiger partial charge is 0.465 e. The lowest BCUT2D eigenvalue weighted by atomic mass is 10.0. The van der Waals surface area contributed by atoms with Gasteiger partial charge in [-0.3, -0.25) is 9.58 Å². The lowest BCUT2D eigenvalue weighted by Gasteiger charge is -2.36. The van der Waals surface area contributed by atoms with Crippen molar-refractivity contribution in [1.29, 1.82) is 5.26 Å². The van der Waals surface area contributed by atoms with Crippen LogP contribution in [-0.2, 0) is 6.54 Å². The maximum Gasteiger partial charge on any atom is 0.407 e. The molecule has 1 amide bonds. The number of rotatable bonds is 6. The van der Waals surface area contributed by atoms with Crippen LogP contribution in [0.4, 0.5) is 10.6 Å². The summed E-state index contributed by atoms with van der Waals surface area (Å²) in [5.41, 5.74) is 6.10. The summed E-state index contributed by atoms with van der Waals surface area (Å²) < 4.78 is 3.55. The number of benzene rings is 1. The summed E-state index contributed by atoms with van der Waals surface area (Å²) in [7, 11) is 0. The van der Waals surface area contributed by atoms with E-state index in [0.717, 1.165) is 66.3 Å². The lowest BCUT2D eigenvalue weighted by Crippen LogP contribution is -2.50. The van der Waals surface area contributed by atoms with Crippen LogP contribution in [0.15, 0.2) is 79.5 Å². The third-order valence-corrected chi connectivity index (χ3v) is 8.18. The van der Waals surface area contributed by atoms with Crippen molar-refractivity contribution < 1.29 is 9.90 Å². The Bertz CT molecular complexity index is 1780. The van der Waals surface area contributed by atoms with E-state index in [0.29, 0.717) is 18.7 Å². The Morgan fingerprint density at radius 2 is 1.74 bits per heavy atom. The molecule has 6 heterocycles. The minimum atomic E-state index is -0.911. The number of pyridine rings is 2. The van der Waals surface area contributed by atoms with Crippen LogP contribution in [0.3, 0.4) is 0 Å². The quantitative estimate of drug-likeness (QED) is 0.332. The Balaban J connectivity index is 1.12. The number of carboxylic acid groups (broad SMARTS) is 1. The van der Waals surface area contributed by atoms with E-state index in [-0.39, 0.29) is 6.04 Å². The fourth-order valence-electron chi connectivity index (χ4n) is 5.76. The summed E-state index contributed by atoms with van der Waals surface area (Å²) in [6.07, 6.45) is 8.15. The molecule has 2 aliphatic rings. The van der Waals surface area contributed by atoms with E-state index in [9.17, 15) is 10.1 Å². The van der Waals surface area contributed by atoms with Gasteiger partial charge in [0.25, 0.3) is 0 Å². The first kappa shape index (κ1) is 25.7. The van der Waals surface area contributed by atoms with Gasteiger partial charge >= 0.3 is 6.09 Å². The fraction of sp³-hybridized carbons (Fsp3) is 0.258. The van der Waals surface area contributed by atoms with Crippen molar-refractivity contribution in [2.24, 2.45) is 0 Å². The van der Waals surface area contributed by atoms with Crippen LogP contribution in [-0.4, -0.2) is 84.6 Å². The second-order valence-corrected chi connectivity index (χ2v) is 10.8. The molecule has 0 radical (unpaired) electrons. The summed E-state index contributed by atoms with van der Waals surface area (Å²) in [6.45, 7) is 5.58. The number of amides is 1. The van der Waals surface area contributed by atoms with Gasteiger partial charge in [-0.25, -0.2) is 14.3 Å². The van der Waals surface area contributed by atoms with Gasteiger partial charge in [0.15, 0.2) is 0 Å². The van der Waals surface area contributed by atoms with E-state index >= 15 is 0 Å². The minimum Gasteiger partial charge on any atom is -0.465 e. The zero-order valence-corrected chi connectivity index (χ0v) is 22.9. The average molecular weight is 560 g/mol. The predicted octanol–water partition coefficient (Wildman–Crippen LogP) is 3.99. The maximum absolute atomic E-state index is 11.1. The van der Waals surface area contributed by atoms with E-state index < -0.39 is 6.09 Å². The zero-order chi connectivity index (χ0) is 28.6. The molecule has 0 unspecified atom stereocenters. The van der Waals surface area contributed by atoms with Crippen LogP contribution < -0.4 is 4.90 Å². The number of aromatic nitrogens is 5. The number of carbonyl (C=O) groups is 1. The van der Waals surface area contributed by atoms with Gasteiger partial charge in [-0.05, 0) is 23.8 Å². The molecule has 1 aromatic carbocycles. The molecule has 0 atom stereocenters. The summed E-state index contributed by atoms with van der Waals surface area (Å²) >= 11 is 0. The molecule has 1 N–H and O–H groups in total. The van der Waals surface area contributed by atoms with Crippen molar-refractivity contribution >= 4 is 17.4 Å². The fourth-order valence-corrected chi connectivity index (χ4v) is 5.76. The lowest BCUT2D eigenvalue weighted by molar-refractivity contribution is 0.0812. The molecular formula is C31H29N9O2. The highest BCUT2D eigenvalue weighted by molar-refractivity contribution is 5.87. The summed E-state index contributed by atoms with van der Waals surface area (Å²) in [5.74, 6) is 0.941. The number of fused-ring (bicyclic) bond motifs is 1. The molecule has 7 rings (SSSR count). The topological polar surface area (TPSA) is 119 Å². The molecule has 2 fully saturated rings. The first-order chi connectivity index (χ1) is 20.6. The van der Waals surface area contributed by atoms with Crippen LogP contribution in [0.2, 0.25) is 0 Å². The molecule has 0 saturated carbocycles. The first-order valence-electron chi connectivity index (χ1n) is 14.0. The molecule has 5 aromatic rings. The molecule has 11 nitrogen and oxygen atoms in total. The second-order valence-electron chi connectivity index (χ2n) is 10.8. The van der Waals surface area contributed by atoms with Crippen molar-refractivity contribution in [2.75, 3.05) is 44.2 Å². The Kier molecular flexibility index (Phi) is 6.52. The van der Waals surface area contributed by atoms with E-state index in [4.69, 9.17) is 10.1 Å². The highest BCUT2D eigenvalue weighted by Crippen LogP contribution is 2.33. The van der Waals surface area contributed by atoms with Crippen LogP contribution in [0.5, 0.6) is 0 Å². The van der Waals surface area contributed by atoms with Crippen LogP contribution >= 0.6 is 0 Å². The molecule has 4 aromatic heterocycles. The predicted molar refractivity (Wildman–Crippen MR) is 157 cm³/mol. The summed E-state index contributed by atoms with van der Waals surface area (Å²) in [5, 5.41) is 27.9. The molecule has 11 heteroatoms. The van der Waals surface area contributed by atoms with E-state index in [1.54, 1.807) is 16.9 Å². The molecule has 0 bridgehead atoms. The summed E-state index contributed by atoms with van der Waals surface area (Å²) in [4.78, 5) is 22.1. The maximum atomic E-state index is 11.1. The normalized spacial score (nSPS) is 16.0. The van der Waals surface area contributed by atoms with Gasteiger partial charge in [-0.15, -0.1) is 0 Å². The van der Waals surface area contributed by atoms with Crippen LogP contribution in [0.25, 0.3) is 27.8 Å². The zero-order valence-electron chi connectivity index (χ0n) is 22.9. The molecule has 0 aliphatic carbocycles. The first-order valence-corrected chi connectivity index (χ1v) is 14.0. The van der Waals surface area contributed by atoms with Crippen molar-refractivity contribution in [3.8, 4) is 28.3 Å². The average Bonchev–Trinajstić information content (AvgIpc) is 3.64. The SMILES string of the molecule is N#Cc1cnn2cc(-c3cnn(C4CN(C(=O)O)C4)c3)cc(-c3ccc(N4CCN(Cc5ccccc5)CC4)nc3)c12. The van der Waals surface area contributed by atoms with Gasteiger partial charge in [-0.2, -0.15) is 15.5 Å². The standard InChI is InChI=1S/C31H29N9O2/c32-13-25-15-35-40-18-24(26-16-34-39(19-26)27-20-38(21-27)31(41)42)12-28(30(25)40)23-6-7-29(33-14-23)37-10-8-36(9-11-37)17-22-4-2-1-3-5-22/h1-7,12,14-16,18-19,27H,8-11,17,20-21H2,(H,41,42). The van der Waals surface area contributed by atoms with E-state index in [1.807, 2.05) is 35.4 Å². The highest BCUT2D eigenvalue weighted by Gasteiger charge is 2.32. The Labute approximate surface area is 242 Å².